The maximum absolute atomic E-state index is 11.4. The Morgan fingerprint density at radius 3 is 2.96 bits per heavy atom. The van der Waals surface area contributed by atoms with Crippen LogP contribution in [0.1, 0.15) is 18.4 Å². The van der Waals surface area contributed by atoms with Gasteiger partial charge in [-0.3, -0.25) is 14.7 Å². The Bertz CT molecular complexity index is 688. The molecule has 23 heavy (non-hydrogen) atoms. The number of piperidine rings is 1. The van der Waals surface area contributed by atoms with Gasteiger partial charge in [0.2, 0.25) is 5.91 Å². The van der Waals surface area contributed by atoms with Crippen LogP contribution in [-0.2, 0) is 11.3 Å². The molecule has 0 bridgehead atoms. The largest absolute Gasteiger partial charge is 0.508 e. The Balaban J connectivity index is 1.78. The standard InChI is InChI=1S/C18H21N3O2/c19-18(23)15-4-2-8-21(11-15)12-16-9-13(5-6-17(16)22)14-3-1-7-20-10-14/h1,3,5-7,9-10,15,22H,2,4,8,11-12H2,(H2,19,23). The number of likely N-dealkylation sites (tertiary alicyclic amines) is 1. The molecule has 1 saturated heterocycles. The number of primary amides is 1. The lowest BCUT2D eigenvalue weighted by molar-refractivity contribution is -0.123. The number of carbonyl (C=O) groups excluding carboxylic acids is 1. The number of amides is 1. The monoisotopic (exact) mass is 311 g/mol. The molecule has 5 nitrogen and oxygen atoms in total. The molecule has 5 heteroatoms. The second-order valence-corrected chi connectivity index (χ2v) is 6.06. The Morgan fingerprint density at radius 2 is 2.22 bits per heavy atom. The summed E-state index contributed by atoms with van der Waals surface area (Å²) in [7, 11) is 0. The van der Waals surface area contributed by atoms with Crippen LogP contribution in [0, 0.1) is 5.92 Å². The van der Waals surface area contributed by atoms with Crippen molar-refractivity contribution in [3.63, 3.8) is 0 Å². The van der Waals surface area contributed by atoms with Gasteiger partial charge in [-0.15, -0.1) is 0 Å². The number of hydrogen-bond acceptors (Lipinski definition) is 4. The smallest absolute Gasteiger partial charge is 0.221 e. The van der Waals surface area contributed by atoms with Crippen molar-refractivity contribution in [1.29, 1.82) is 0 Å². The molecule has 1 fully saturated rings. The lowest BCUT2D eigenvalue weighted by Gasteiger charge is -2.31. The highest BCUT2D eigenvalue weighted by molar-refractivity contribution is 5.77. The summed E-state index contributed by atoms with van der Waals surface area (Å²) < 4.78 is 0. The molecule has 0 radical (unpaired) electrons. The van der Waals surface area contributed by atoms with E-state index in [1.165, 1.54) is 0 Å². The molecule has 1 amide bonds. The second kappa shape index (κ2) is 6.79. The first-order valence-electron chi connectivity index (χ1n) is 7.87. The molecule has 0 spiro atoms. The van der Waals surface area contributed by atoms with Gasteiger partial charge < -0.3 is 10.8 Å². The Hall–Kier alpha value is -2.40. The average Bonchev–Trinajstić information content (AvgIpc) is 2.58. The minimum Gasteiger partial charge on any atom is -0.508 e. The zero-order chi connectivity index (χ0) is 16.2. The van der Waals surface area contributed by atoms with Crippen LogP contribution in [0.2, 0.25) is 0 Å². The summed E-state index contributed by atoms with van der Waals surface area (Å²) in [5, 5.41) is 10.2. The third-order valence-electron chi connectivity index (χ3n) is 4.38. The zero-order valence-corrected chi connectivity index (χ0v) is 13.0. The van der Waals surface area contributed by atoms with E-state index >= 15 is 0 Å². The van der Waals surface area contributed by atoms with Crippen molar-refractivity contribution in [3.05, 3.63) is 48.3 Å². The predicted molar refractivity (Wildman–Crippen MR) is 88.5 cm³/mol. The number of nitrogens with zero attached hydrogens (tertiary/aromatic N) is 2. The van der Waals surface area contributed by atoms with E-state index in [1.54, 1.807) is 18.5 Å². The molecule has 3 rings (SSSR count). The summed E-state index contributed by atoms with van der Waals surface area (Å²) in [5.74, 6) is -0.0470. The van der Waals surface area contributed by atoms with Crippen LogP contribution in [0.5, 0.6) is 5.75 Å². The van der Waals surface area contributed by atoms with Crippen molar-refractivity contribution in [2.75, 3.05) is 13.1 Å². The third-order valence-corrected chi connectivity index (χ3v) is 4.38. The van der Waals surface area contributed by atoms with E-state index in [4.69, 9.17) is 5.73 Å². The van der Waals surface area contributed by atoms with E-state index in [0.29, 0.717) is 13.1 Å². The minimum atomic E-state index is -0.233. The summed E-state index contributed by atoms with van der Waals surface area (Å²) in [6.45, 7) is 2.19. The van der Waals surface area contributed by atoms with Crippen LogP contribution in [0.3, 0.4) is 0 Å². The lowest BCUT2D eigenvalue weighted by atomic mass is 9.96. The van der Waals surface area contributed by atoms with Crippen molar-refractivity contribution in [2.24, 2.45) is 11.7 Å². The first kappa shape index (κ1) is 15.5. The first-order chi connectivity index (χ1) is 11.1. The molecule has 1 aliphatic heterocycles. The van der Waals surface area contributed by atoms with Crippen molar-refractivity contribution >= 4 is 5.91 Å². The second-order valence-electron chi connectivity index (χ2n) is 6.06. The van der Waals surface area contributed by atoms with Gasteiger partial charge in [-0.25, -0.2) is 0 Å². The maximum atomic E-state index is 11.4. The van der Waals surface area contributed by atoms with Gasteiger partial charge in [0.25, 0.3) is 0 Å². The molecule has 1 aromatic carbocycles. The van der Waals surface area contributed by atoms with Crippen molar-refractivity contribution in [1.82, 2.24) is 9.88 Å². The summed E-state index contributed by atoms with van der Waals surface area (Å²) in [5.41, 5.74) is 8.33. The summed E-state index contributed by atoms with van der Waals surface area (Å²) in [6, 6.07) is 9.48. The van der Waals surface area contributed by atoms with E-state index in [1.807, 2.05) is 24.3 Å². The zero-order valence-electron chi connectivity index (χ0n) is 13.0. The number of hydrogen-bond donors (Lipinski definition) is 2. The van der Waals surface area contributed by atoms with Gasteiger partial charge in [-0.05, 0) is 43.1 Å². The van der Waals surface area contributed by atoms with Crippen LogP contribution in [0.15, 0.2) is 42.7 Å². The lowest BCUT2D eigenvalue weighted by Crippen LogP contribution is -2.40. The highest BCUT2D eigenvalue weighted by atomic mass is 16.3. The molecule has 120 valence electrons. The van der Waals surface area contributed by atoms with Crippen LogP contribution in [0.25, 0.3) is 11.1 Å². The molecule has 2 aromatic rings. The minimum absolute atomic E-state index is 0.0904. The fourth-order valence-corrected chi connectivity index (χ4v) is 3.10. The van der Waals surface area contributed by atoms with Crippen LogP contribution < -0.4 is 5.73 Å². The van der Waals surface area contributed by atoms with Gasteiger partial charge in [0.05, 0.1) is 5.92 Å². The fourth-order valence-electron chi connectivity index (χ4n) is 3.10. The number of aromatic nitrogens is 1. The van der Waals surface area contributed by atoms with Gasteiger partial charge in [0, 0.05) is 36.6 Å². The SMILES string of the molecule is NC(=O)C1CCCN(Cc2cc(-c3cccnc3)ccc2O)C1. The van der Waals surface area contributed by atoms with Crippen LogP contribution >= 0.6 is 0 Å². The quantitative estimate of drug-likeness (QED) is 0.907. The Kier molecular flexibility index (Phi) is 4.57. The predicted octanol–water partition coefficient (Wildman–Crippen LogP) is 2.15. The molecule has 1 atom stereocenters. The molecular weight excluding hydrogens is 290 g/mol. The van der Waals surface area contributed by atoms with E-state index in [0.717, 1.165) is 36.1 Å². The van der Waals surface area contributed by atoms with Crippen molar-refractivity contribution in [3.8, 4) is 16.9 Å². The summed E-state index contributed by atoms with van der Waals surface area (Å²) in [4.78, 5) is 17.7. The van der Waals surface area contributed by atoms with E-state index in [-0.39, 0.29) is 17.6 Å². The number of benzene rings is 1. The van der Waals surface area contributed by atoms with Gasteiger partial charge in [0.1, 0.15) is 5.75 Å². The Labute approximate surface area is 135 Å². The van der Waals surface area contributed by atoms with Crippen LogP contribution in [-0.4, -0.2) is 34.0 Å². The van der Waals surface area contributed by atoms with E-state index in [9.17, 15) is 9.90 Å². The number of nitrogens with two attached hydrogens (primary N) is 1. The van der Waals surface area contributed by atoms with Gasteiger partial charge in [-0.2, -0.15) is 0 Å². The average molecular weight is 311 g/mol. The summed E-state index contributed by atoms with van der Waals surface area (Å²) >= 11 is 0. The molecule has 0 saturated carbocycles. The van der Waals surface area contributed by atoms with Crippen LogP contribution in [0.4, 0.5) is 0 Å². The molecule has 3 N–H and O–H groups in total. The van der Waals surface area contributed by atoms with Gasteiger partial charge in [0.15, 0.2) is 0 Å². The molecule has 1 unspecified atom stereocenters. The highest BCUT2D eigenvalue weighted by Crippen LogP contribution is 2.28. The highest BCUT2D eigenvalue weighted by Gasteiger charge is 2.24. The van der Waals surface area contributed by atoms with Gasteiger partial charge >= 0.3 is 0 Å². The van der Waals surface area contributed by atoms with Gasteiger partial charge in [-0.1, -0.05) is 12.1 Å². The molecular formula is C18H21N3O2. The summed E-state index contributed by atoms with van der Waals surface area (Å²) in [6.07, 6.45) is 5.35. The number of rotatable bonds is 4. The normalized spacial score (nSPS) is 18.7. The molecule has 1 aliphatic rings. The van der Waals surface area contributed by atoms with Crippen molar-refractivity contribution in [2.45, 2.75) is 19.4 Å². The number of pyridine rings is 1. The topological polar surface area (TPSA) is 79.5 Å². The number of aromatic hydroxyl groups is 1. The van der Waals surface area contributed by atoms with E-state index < -0.39 is 0 Å². The molecule has 2 heterocycles. The first-order valence-corrected chi connectivity index (χ1v) is 7.87. The van der Waals surface area contributed by atoms with Crippen molar-refractivity contribution < 1.29 is 9.90 Å². The third kappa shape index (κ3) is 3.68. The molecule has 0 aliphatic carbocycles. The molecule has 1 aromatic heterocycles. The Morgan fingerprint density at radius 1 is 1.35 bits per heavy atom. The number of carbonyl (C=O) groups is 1. The fraction of sp³-hybridized carbons (Fsp3) is 0.333. The number of phenolic OH excluding ortho intramolecular Hbond substituents is 1. The number of phenols is 1. The van der Waals surface area contributed by atoms with E-state index in [2.05, 4.69) is 9.88 Å². The maximum Gasteiger partial charge on any atom is 0.221 e.